The number of allylic oxidation sites excluding steroid dienone is 2. The number of nitriles is 2. The number of hydrogen-bond donors (Lipinski definition) is 0. The minimum atomic E-state index is -0.269. The lowest BCUT2D eigenvalue weighted by molar-refractivity contribution is 1.50. The normalized spacial score (nSPS) is 11.0. The zero-order valence-corrected chi connectivity index (χ0v) is 5.16. The highest BCUT2D eigenvalue weighted by molar-refractivity contribution is 6.42. The van der Waals surface area contributed by atoms with Crippen molar-refractivity contribution in [2.45, 2.75) is 0 Å². The first-order valence-electron chi connectivity index (χ1n) is 1.58. The van der Waals surface area contributed by atoms with Crippen LogP contribution in [0.25, 0.3) is 0 Å². The van der Waals surface area contributed by atoms with Crippen molar-refractivity contribution in [3.05, 3.63) is 10.1 Å². The molecule has 0 radical (unpaired) electrons. The van der Waals surface area contributed by atoms with Crippen LogP contribution in [0.4, 0.5) is 0 Å². The van der Waals surface area contributed by atoms with Gasteiger partial charge in [-0.1, -0.05) is 23.2 Å². The fourth-order valence-corrected chi connectivity index (χ4v) is 0.183. The van der Waals surface area contributed by atoms with Crippen molar-refractivity contribution >= 4 is 23.2 Å². The van der Waals surface area contributed by atoms with E-state index in [-0.39, 0.29) is 10.1 Å². The molecule has 0 amide bonds. The predicted octanol–water partition coefficient (Wildman–Crippen LogP) is 1.72. The van der Waals surface area contributed by atoms with Gasteiger partial charge in [0.1, 0.15) is 22.2 Å². The van der Waals surface area contributed by atoms with Crippen molar-refractivity contribution in [1.29, 1.82) is 10.5 Å². The van der Waals surface area contributed by atoms with Crippen LogP contribution in [0.1, 0.15) is 0 Å². The largest absolute Gasteiger partial charge is 0.191 e. The zero-order valence-electron chi connectivity index (χ0n) is 3.65. The van der Waals surface area contributed by atoms with Gasteiger partial charge in [0.05, 0.1) is 0 Å². The van der Waals surface area contributed by atoms with Crippen molar-refractivity contribution in [3.8, 4) is 12.1 Å². The number of nitrogens with zero attached hydrogens (tertiary/aromatic N) is 2. The Bertz CT molecular complexity index is 171. The minimum Gasteiger partial charge on any atom is -0.191 e. The van der Waals surface area contributed by atoms with Gasteiger partial charge in [0.25, 0.3) is 0 Å². The van der Waals surface area contributed by atoms with Crippen LogP contribution in [0.2, 0.25) is 0 Å². The van der Waals surface area contributed by atoms with Gasteiger partial charge in [-0.15, -0.1) is 0 Å². The molecule has 0 fully saturated rings. The van der Waals surface area contributed by atoms with E-state index in [4.69, 9.17) is 33.7 Å². The summed E-state index contributed by atoms with van der Waals surface area (Å²) >= 11 is 10.2. The van der Waals surface area contributed by atoms with Crippen LogP contribution in [0.5, 0.6) is 0 Å². The molecule has 0 aromatic carbocycles. The molecular formula is C4Cl2N2. The lowest BCUT2D eigenvalue weighted by Crippen LogP contribution is -1.66. The van der Waals surface area contributed by atoms with E-state index in [1.807, 2.05) is 0 Å². The SMILES string of the molecule is N#CC(Cl)=C(Cl)C#N. The molecule has 40 valence electrons. The predicted molar refractivity (Wildman–Crippen MR) is 30.0 cm³/mol. The van der Waals surface area contributed by atoms with E-state index in [1.54, 1.807) is 0 Å². The molecular weight excluding hydrogens is 147 g/mol. The molecule has 0 aromatic heterocycles. The highest BCUT2D eigenvalue weighted by Crippen LogP contribution is 2.10. The third-order valence-electron chi connectivity index (χ3n) is 0.389. The van der Waals surface area contributed by atoms with Gasteiger partial charge in [-0.05, 0) is 0 Å². The zero-order chi connectivity index (χ0) is 6.57. The fraction of sp³-hybridized carbons (Fsp3) is 0. The molecule has 0 heterocycles. The van der Waals surface area contributed by atoms with E-state index in [0.717, 1.165) is 0 Å². The second-order valence-corrected chi connectivity index (χ2v) is 1.61. The van der Waals surface area contributed by atoms with Crippen LogP contribution < -0.4 is 0 Å². The van der Waals surface area contributed by atoms with Gasteiger partial charge in [-0.2, -0.15) is 10.5 Å². The molecule has 0 aliphatic rings. The van der Waals surface area contributed by atoms with Crippen molar-refractivity contribution in [3.63, 3.8) is 0 Å². The molecule has 2 nitrogen and oxygen atoms in total. The second kappa shape index (κ2) is 3.32. The summed E-state index contributed by atoms with van der Waals surface area (Å²) in [4.78, 5) is 0. The van der Waals surface area contributed by atoms with Crippen LogP contribution in [-0.4, -0.2) is 0 Å². The highest BCUT2D eigenvalue weighted by atomic mass is 35.5. The molecule has 0 unspecified atom stereocenters. The number of rotatable bonds is 0. The van der Waals surface area contributed by atoms with Crippen LogP contribution in [0.15, 0.2) is 10.1 Å². The maximum Gasteiger partial charge on any atom is 0.147 e. The highest BCUT2D eigenvalue weighted by Gasteiger charge is 1.95. The Morgan fingerprint density at radius 1 is 1.00 bits per heavy atom. The van der Waals surface area contributed by atoms with Gasteiger partial charge in [0.2, 0.25) is 0 Å². The molecule has 0 aromatic rings. The standard InChI is InChI=1S/C4Cl2N2/c5-3(1-7)4(6)2-8. The lowest BCUT2D eigenvalue weighted by atomic mass is 10.5. The quantitative estimate of drug-likeness (QED) is 0.489. The smallest absolute Gasteiger partial charge is 0.147 e. The van der Waals surface area contributed by atoms with E-state index in [0.29, 0.717) is 0 Å². The van der Waals surface area contributed by atoms with Gasteiger partial charge in [-0.25, -0.2) is 0 Å². The van der Waals surface area contributed by atoms with Crippen LogP contribution >= 0.6 is 23.2 Å². The van der Waals surface area contributed by atoms with E-state index in [9.17, 15) is 0 Å². The number of hydrogen-bond acceptors (Lipinski definition) is 2. The molecule has 4 heteroatoms. The first kappa shape index (κ1) is 7.30. The fourth-order valence-electron chi connectivity index (χ4n) is 0.0982. The average molecular weight is 147 g/mol. The summed E-state index contributed by atoms with van der Waals surface area (Å²) in [5.74, 6) is 0. The summed E-state index contributed by atoms with van der Waals surface area (Å²) < 4.78 is 0. The first-order valence-corrected chi connectivity index (χ1v) is 2.33. The Balaban J connectivity index is 4.41. The topological polar surface area (TPSA) is 47.6 Å². The molecule has 0 aliphatic carbocycles. The molecule has 0 bridgehead atoms. The lowest BCUT2D eigenvalue weighted by Gasteiger charge is -1.76. The Kier molecular flexibility index (Phi) is 3.03. The average Bonchev–Trinajstić information content (AvgIpc) is 1.84. The Hall–Kier alpha value is -0.700. The van der Waals surface area contributed by atoms with Crippen molar-refractivity contribution < 1.29 is 0 Å². The van der Waals surface area contributed by atoms with Gasteiger partial charge < -0.3 is 0 Å². The monoisotopic (exact) mass is 146 g/mol. The maximum absolute atomic E-state index is 7.96. The van der Waals surface area contributed by atoms with Crippen LogP contribution in [0.3, 0.4) is 0 Å². The second-order valence-electron chi connectivity index (χ2n) is 0.852. The molecule has 8 heavy (non-hydrogen) atoms. The van der Waals surface area contributed by atoms with Crippen LogP contribution in [-0.2, 0) is 0 Å². The Labute approximate surface area is 56.5 Å². The van der Waals surface area contributed by atoms with Gasteiger partial charge in [-0.3, -0.25) is 0 Å². The number of halogens is 2. The van der Waals surface area contributed by atoms with Crippen LogP contribution in [0, 0.1) is 22.7 Å². The summed E-state index contributed by atoms with van der Waals surface area (Å²) in [7, 11) is 0. The minimum absolute atomic E-state index is 0.269. The maximum atomic E-state index is 7.96. The van der Waals surface area contributed by atoms with E-state index < -0.39 is 0 Å². The molecule has 0 aliphatic heterocycles. The van der Waals surface area contributed by atoms with E-state index in [1.165, 1.54) is 12.1 Å². The summed E-state index contributed by atoms with van der Waals surface area (Å²) in [5, 5.41) is 15.4. The summed E-state index contributed by atoms with van der Waals surface area (Å²) in [6.45, 7) is 0. The van der Waals surface area contributed by atoms with Gasteiger partial charge in [0.15, 0.2) is 0 Å². The van der Waals surface area contributed by atoms with E-state index >= 15 is 0 Å². The Morgan fingerprint density at radius 3 is 1.38 bits per heavy atom. The first-order chi connectivity index (χ1) is 3.72. The third-order valence-corrected chi connectivity index (χ3v) is 1.03. The van der Waals surface area contributed by atoms with Crippen molar-refractivity contribution in [2.75, 3.05) is 0 Å². The summed E-state index contributed by atoms with van der Waals surface area (Å²) in [6.07, 6.45) is 0. The van der Waals surface area contributed by atoms with Gasteiger partial charge in [0, 0.05) is 0 Å². The molecule has 0 atom stereocenters. The van der Waals surface area contributed by atoms with Gasteiger partial charge >= 0.3 is 0 Å². The summed E-state index contributed by atoms with van der Waals surface area (Å²) in [5.41, 5.74) is 0. The van der Waals surface area contributed by atoms with Crippen molar-refractivity contribution in [1.82, 2.24) is 0 Å². The molecule has 0 saturated heterocycles. The molecule has 0 rings (SSSR count). The third kappa shape index (κ3) is 1.84. The van der Waals surface area contributed by atoms with E-state index in [2.05, 4.69) is 0 Å². The molecule has 0 saturated carbocycles. The summed E-state index contributed by atoms with van der Waals surface area (Å²) in [6, 6.07) is 3.01. The molecule has 0 N–H and O–H groups in total. The van der Waals surface area contributed by atoms with Crippen molar-refractivity contribution in [2.24, 2.45) is 0 Å². The Morgan fingerprint density at radius 2 is 1.25 bits per heavy atom. The molecule has 0 spiro atoms.